The molecule has 9 heteroatoms. The van der Waals surface area contributed by atoms with Crippen LogP contribution in [0.25, 0.3) is 0 Å². The summed E-state index contributed by atoms with van der Waals surface area (Å²) in [5, 5.41) is 13.0. The normalized spacial score (nSPS) is 39.5. The molecule has 8 nitrogen and oxygen atoms in total. The number of hydrogen-bond acceptors (Lipinski definition) is 7. The van der Waals surface area contributed by atoms with Gasteiger partial charge in [-0.25, -0.2) is 0 Å². The third-order valence-electron chi connectivity index (χ3n) is 19.2. The molecule has 6 fully saturated rings. The lowest BCUT2D eigenvalue weighted by atomic mass is 9.33. The van der Waals surface area contributed by atoms with E-state index in [9.17, 15) is 24.3 Å². The molecule has 1 aromatic carbocycles. The minimum atomic E-state index is -0.824. The zero-order valence-corrected chi connectivity index (χ0v) is 39.0. The largest absolute Gasteiger partial charge is 0.481 e. The van der Waals surface area contributed by atoms with E-state index in [0.29, 0.717) is 48.5 Å². The van der Waals surface area contributed by atoms with Crippen LogP contribution in [-0.2, 0) is 25.7 Å². The number of allylic oxidation sites excluding steroid dienone is 2. The fraction of sp³-hybridized carbons (Fsp3) is 0.765. The first-order valence-corrected chi connectivity index (χ1v) is 24.7. The topological polar surface area (TPSA) is 113 Å². The Morgan fingerprint density at radius 1 is 0.850 bits per heavy atom. The van der Waals surface area contributed by atoms with Gasteiger partial charge in [0.25, 0.3) is 5.91 Å². The van der Waals surface area contributed by atoms with Gasteiger partial charge in [0, 0.05) is 60.5 Å². The Bertz CT molecular complexity index is 1910. The average Bonchev–Trinajstić information content (AvgIpc) is 3.48. The molecule has 1 aromatic rings. The van der Waals surface area contributed by atoms with Gasteiger partial charge >= 0.3 is 11.9 Å². The molecule has 6 aliphatic carbocycles. The number of ketones is 1. The monoisotopic (exact) mass is 843 g/mol. The number of benzene rings is 1. The molecule has 60 heavy (non-hydrogen) atoms. The molecule has 5 saturated carbocycles. The molecule has 1 heterocycles. The number of carbonyl (C=O) groups is 4. The van der Waals surface area contributed by atoms with Gasteiger partial charge in [-0.15, -0.1) is 0 Å². The van der Waals surface area contributed by atoms with Crippen LogP contribution in [0.2, 0.25) is 0 Å². The van der Waals surface area contributed by atoms with E-state index in [1.54, 1.807) is 0 Å². The highest BCUT2D eigenvalue weighted by Crippen LogP contribution is 2.77. The zero-order valence-electron chi connectivity index (χ0n) is 38.2. The molecule has 0 bridgehead atoms. The molecule has 7 aliphatic rings. The van der Waals surface area contributed by atoms with E-state index in [4.69, 9.17) is 4.74 Å². The molecule has 1 saturated heterocycles. The lowest BCUT2D eigenvalue weighted by Crippen LogP contribution is -2.66. The highest BCUT2D eigenvalue weighted by molar-refractivity contribution is 7.99. The molecular weight excluding hydrogens is 769 g/mol. The van der Waals surface area contributed by atoms with Crippen molar-refractivity contribution in [1.82, 2.24) is 10.2 Å². The van der Waals surface area contributed by atoms with Crippen LogP contribution >= 0.6 is 11.8 Å². The number of ether oxygens (including phenoxy) is 1. The number of carbonyl (C=O) groups excluding carboxylic acids is 3. The van der Waals surface area contributed by atoms with Crippen molar-refractivity contribution in [2.75, 3.05) is 31.1 Å². The molecule has 0 radical (unpaired) electrons. The number of fused-ring (bicyclic) bond motifs is 7. The van der Waals surface area contributed by atoms with Crippen molar-refractivity contribution in [1.29, 1.82) is 0 Å². The van der Waals surface area contributed by atoms with Crippen LogP contribution in [0, 0.1) is 68.0 Å². The van der Waals surface area contributed by atoms with Crippen molar-refractivity contribution in [3.8, 4) is 0 Å². The predicted molar refractivity (Wildman–Crippen MR) is 238 cm³/mol. The van der Waals surface area contributed by atoms with Crippen LogP contribution in [0.4, 0.5) is 0 Å². The van der Waals surface area contributed by atoms with E-state index in [2.05, 4.69) is 70.8 Å². The van der Waals surface area contributed by atoms with Crippen LogP contribution in [0.3, 0.4) is 0 Å². The summed E-state index contributed by atoms with van der Waals surface area (Å²) in [7, 11) is 0. The van der Waals surface area contributed by atoms with E-state index in [0.717, 1.165) is 83.0 Å². The summed E-state index contributed by atoms with van der Waals surface area (Å²) >= 11 is 2.02. The molecule has 1 aliphatic heterocycles. The summed E-state index contributed by atoms with van der Waals surface area (Å²) in [6.45, 7) is 24.4. The summed E-state index contributed by atoms with van der Waals surface area (Å²) in [5.41, 5.74) is 3.75. The number of nitrogens with zero attached hydrogens (tertiary/aromatic N) is 1. The molecule has 8 rings (SSSR count). The second-order valence-corrected chi connectivity index (χ2v) is 24.1. The van der Waals surface area contributed by atoms with Gasteiger partial charge in [-0.1, -0.05) is 80.0 Å². The van der Waals surface area contributed by atoms with Crippen LogP contribution in [-0.4, -0.2) is 70.9 Å². The maximum Gasteiger partial charge on any atom is 0.309 e. The van der Waals surface area contributed by atoms with Gasteiger partial charge in [-0.05, 0) is 133 Å². The number of amides is 1. The molecule has 10 atom stereocenters. The maximum atomic E-state index is 14.2. The van der Waals surface area contributed by atoms with Crippen molar-refractivity contribution in [2.45, 2.75) is 146 Å². The van der Waals surface area contributed by atoms with Gasteiger partial charge in [-0.3, -0.25) is 24.1 Å². The first kappa shape index (κ1) is 44.0. The van der Waals surface area contributed by atoms with Crippen LogP contribution in [0.1, 0.15) is 149 Å². The standard InChI is InChI=1S/C51H74N2O6S/c1-31(2)41-37(54)29-51(22-23-52-43(55)33-12-10-32(11-13-33)30-53-24-26-60-27-25-53)21-20-49(8)34(42(41)51)14-15-39-48(7)18-17-40(47(5,6)38(48)16-19-50(39,49)9)59-45(58)36-28-35(44(56)57)46(36,3)4/h10-13,31,34-36,38-40H,14-30H2,1-9H3,(H,52,55)(H,56,57)/t34-,35+,36-,38+,39-,40+,48+,49-,50-,51-/m1/s1. The zero-order chi connectivity index (χ0) is 43.2. The fourth-order valence-corrected chi connectivity index (χ4v) is 16.5. The summed E-state index contributed by atoms with van der Waals surface area (Å²) in [6.07, 6.45) is 9.95. The van der Waals surface area contributed by atoms with Gasteiger partial charge in [-0.2, -0.15) is 11.8 Å². The second-order valence-electron chi connectivity index (χ2n) is 22.9. The van der Waals surface area contributed by atoms with Crippen LogP contribution in [0.5, 0.6) is 0 Å². The second kappa shape index (κ2) is 15.6. The van der Waals surface area contributed by atoms with Gasteiger partial charge < -0.3 is 15.2 Å². The summed E-state index contributed by atoms with van der Waals surface area (Å²) < 4.78 is 6.44. The molecule has 0 unspecified atom stereocenters. The smallest absolute Gasteiger partial charge is 0.309 e. The Hall–Kier alpha value is -2.65. The number of hydrogen-bond donors (Lipinski definition) is 2. The van der Waals surface area contributed by atoms with Crippen molar-refractivity contribution >= 4 is 35.4 Å². The Balaban J connectivity index is 0.973. The third kappa shape index (κ3) is 6.86. The van der Waals surface area contributed by atoms with Gasteiger partial charge in [0.15, 0.2) is 5.78 Å². The summed E-state index contributed by atoms with van der Waals surface area (Å²) in [6, 6.07) is 8.14. The fourth-order valence-electron chi connectivity index (χ4n) is 15.5. The first-order chi connectivity index (χ1) is 28.2. The highest BCUT2D eigenvalue weighted by atomic mass is 32.2. The van der Waals surface area contributed by atoms with Crippen molar-refractivity contribution in [3.63, 3.8) is 0 Å². The average molecular weight is 843 g/mol. The van der Waals surface area contributed by atoms with Gasteiger partial charge in [0.1, 0.15) is 6.10 Å². The Morgan fingerprint density at radius 2 is 1.55 bits per heavy atom. The lowest BCUT2D eigenvalue weighted by molar-refractivity contribution is -0.236. The van der Waals surface area contributed by atoms with Crippen LogP contribution in [0.15, 0.2) is 35.4 Å². The Kier molecular flexibility index (Phi) is 11.4. The summed E-state index contributed by atoms with van der Waals surface area (Å²) in [4.78, 5) is 55.7. The number of Topliss-reactive ketones (excluding diaryl/α,β-unsaturated/α-hetero) is 1. The number of esters is 1. The maximum absolute atomic E-state index is 14.2. The molecule has 2 N–H and O–H groups in total. The number of thioether (sulfide) groups is 1. The molecule has 0 spiro atoms. The number of rotatable bonds is 10. The van der Waals surface area contributed by atoms with E-state index in [-0.39, 0.29) is 56.9 Å². The van der Waals surface area contributed by atoms with E-state index in [1.807, 2.05) is 37.7 Å². The Labute approximate surface area is 364 Å². The van der Waals surface area contributed by atoms with Crippen molar-refractivity contribution in [3.05, 3.63) is 46.5 Å². The van der Waals surface area contributed by atoms with Crippen LogP contribution < -0.4 is 5.32 Å². The van der Waals surface area contributed by atoms with Gasteiger partial charge in [0.2, 0.25) is 0 Å². The SMILES string of the molecule is CC(C)C1=C2[C@H]3CC[C@@H]4[C@@]5(C)CC[C@H](OC(=O)[C@H]6C[C@@H](C(=O)O)C6(C)C)C(C)(C)[C@@H]5CC[C@@]4(C)[C@]3(C)CC[C@@]2(CCNC(=O)c2ccc(CN3CCSCC3)cc2)CC1=O. The van der Waals surface area contributed by atoms with E-state index in [1.165, 1.54) is 22.6 Å². The minimum absolute atomic E-state index is 0.0314. The van der Waals surface area contributed by atoms with Crippen molar-refractivity contribution < 1.29 is 29.0 Å². The molecule has 0 aromatic heterocycles. The molecule has 1 amide bonds. The quantitative estimate of drug-likeness (QED) is 0.224. The first-order valence-electron chi connectivity index (χ1n) is 23.6. The number of carboxylic acids is 1. The summed E-state index contributed by atoms with van der Waals surface area (Å²) in [5.74, 6) is 2.21. The van der Waals surface area contributed by atoms with E-state index < -0.39 is 17.3 Å². The number of aliphatic carboxylic acids is 1. The Morgan fingerprint density at radius 3 is 2.20 bits per heavy atom. The number of carboxylic acid groups (broad SMARTS) is 1. The number of nitrogens with one attached hydrogen (secondary N) is 1. The molecule has 330 valence electrons. The third-order valence-corrected chi connectivity index (χ3v) is 20.2. The highest BCUT2D eigenvalue weighted by Gasteiger charge is 2.70. The molecular formula is C51H74N2O6S. The predicted octanol–water partition coefficient (Wildman–Crippen LogP) is 9.99. The minimum Gasteiger partial charge on any atom is -0.481 e. The lowest BCUT2D eigenvalue weighted by Gasteiger charge is -2.72. The van der Waals surface area contributed by atoms with E-state index >= 15 is 0 Å². The van der Waals surface area contributed by atoms with Crippen molar-refractivity contribution in [2.24, 2.45) is 68.0 Å². The van der Waals surface area contributed by atoms with Gasteiger partial charge in [0.05, 0.1) is 11.8 Å².